The van der Waals surface area contributed by atoms with E-state index < -0.39 is 17.9 Å². The average molecular weight is 244 g/mol. The van der Waals surface area contributed by atoms with Crippen molar-refractivity contribution in [1.82, 2.24) is 4.90 Å². The molecule has 0 aliphatic carbocycles. The number of nitriles is 1. The zero-order chi connectivity index (χ0) is 13.3. The highest BCUT2D eigenvalue weighted by Crippen LogP contribution is 2.37. The van der Waals surface area contributed by atoms with E-state index in [1.807, 2.05) is 6.07 Å². The van der Waals surface area contributed by atoms with Crippen molar-refractivity contribution in [2.24, 2.45) is 5.92 Å². The molecule has 18 heavy (non-hydrogen) atoms. The van der Waals surface area contributed by atoms with Crippen LogP contribution in [-0.2, 0) is 9.59 Å². The third-order valence-electron chi connectivity index (χ3n) is 3.28. The van der Waals surface area contributed by atoms with Crippen molar-refractivity contribution in [3.63, 3.8) is 0 Å². The number of carboxylic acids is 1. The minimum absolute atomic E-state index is 0.0243. The summed E-state index contributed by atoms with van der Waals surface area (Å²) in [6, 6.07) is 8.21. The van der Waals surface area contributed by atoms with Crippen molar-refractivity contribution in [3.05, 3.63) is 35.4 Å². The van der Waals surface area contributed by atoms with Crippen LogP contribution in [0.5, 0.6) is 0 Å². The molecule has 0 radical (unpaired) electrons. The highest BCUT2D eigenvalue weighted by Gasteiger charge is 2.42. The number of carbonyl (C=O) groups excluding carboxylic acids is 1. The number of likely N-dealkylation sites (tertiary alicyclic amines) is 1. The van der Waals surface area contributed by atoms with Gasteiger partial charge in [0.05, 0.1) is 23.6 Å². The number of nitrogens with zero attached hydrogens (tertiary/aromatic N) is 2. The van der Waals surface area contributed by atoms with Crippen LogP contribution in [0.2, 0.25) is 0 Å². The smallest absolute Gasteiger partial charge is 0.309 e. The summed E-state index contributed by atoms with van der Waals surface area (Å²) >= 11 is 0. The van der Waals surface area contributed by atoms with Crippen LogP contribution in [0.1, 0.15) is 23.6 Å². The molecule has 2 rings (SSSR count). The van der Waals surface area contributed by atoms with Crippen LogP contribution in [-0.4, -0.2) is 28.9 Å². The molecule has 1 aliphatic rings. The molecule has 0 aromatic heterocycles. The molecule has 0 saturated carbocycles. The molecule has 92 valence electrons. The maximum Gasteiger partial charge on any atom is 0.309 e. The maximum atomic E-state index is 11.6. The number of carboxylic acid groups (broad SMARTS) is 1. The van der Waals surface area contributed by atoms with Crippen LogP contribution in [0.25, 0.3) is 0 Å². The summed E-state index contributed by atoms with van der Waals surface area (Å²) in [7, 11) is 1.61. The van der Waals surface area contributed by atoms with Gasteiger partial charge in [0.25, 0.3) is 0 Å². The first-order chi connectivity index (χ1) is 8.54. The van der Waals surface area contributed by atoms with Gasteiger partial charge < -0.3 is 10.0 Å². The van der Waals surface area contributed by atoms with E-state index >= 15 is 0 Å². The average Bonchev–Trinajstić information content (AvgIpc) is 2.66. The first-order valence-corrected chi connectivity index (χ1v) is 5.53. The highest BCUT2D eigenvalue weighted by atomic mass is 16.4. The minimum atomic E-state index is -0.970. The molecule has 1 aromatic carbocycles. The summed E-state index contributed by atoms with van der Waals surface area (Å²) in [6.07, 6.45) is 0.0243. The third-order valence-corrected chi connectivity index (χ3v) is 3.28. The van der Waals surface area contributed by atoms with Crippen LogP contribution in [0, 0.1) is 17.2 Å². The van der Waals surface area contributed by atoms with Crippen LogP contribution in [0.4, 0.5) is 0 Å². The lowest BCUT2D eigenvalue weighted by Crippen LogP contribution is -2.26. The predicted molar refractivity (Wildman–Crippen MR) is 62.4 cm³/mol. The third kappa shape index (κ3) is 1.93. The van der Waals surface area contributed by atoms with Gasteiger partial charge in [-0.15, -0.1) is 0 Å². The zero-order valence-electron chi connectivity index (χ0n) is 9.83. The Hall–Kier alpha value is -2.35. The Morgan fingerprint density at radius 2 is 2.06 bits per heavy atom. The fourth-order valence-corrected chi connectivity index (χ4v) is 2.30. The standard InChI is InChI=1S/C13H12N2O3/c1-15-11(16)6-10(13(17)18)12(15)9-4-2-8(7-14)3-5-9/h2-5,10,12H,6H2,1H3,(H,17,18). The first-order valence-electron chi connectivity index (χ1n) is 5.53. The van der Waals surface area contributed by atoms with Crippen molar-refractivity contribution in [1.29, 1.82) is 5.26 Å². The highest BCUT2D eigenvalue weighted by molar-refractivity contribution is 5.87. The monoisotopic (exact) mass is 244 g/mol. The molecule has 0 spiro atoms. The van der Waals surface area contributed by atoms with E-state index in [1.165, 1.54) is 4.90 Å². The molecule has 1 fully saturated rings. The second-order valence-electron chi connectivity index (χ2n) is 4.33. The second-order valence-corrected chi connectivity index (χ2v) is 4.33. The van der Waals surface area contributed by atoms with Gasteiger partial charge in [-0.1, -0.05) is 12.1 Å². The molecule has 5 heteroatoms. The number of amides is 1. The first kappa shape index (κ1) is 12.1. The Morgan fingerprint density at radius 3 is 2.56 bits per heavy atom. The fourth-order valence-electron chi connectivity index (χ4n) is 2.30. The predicted octanol–water partition coefficient (Wildman–Crippen LogP) is 1.16. The molecule has 1 aliphatic heterocycles. The summed E-state index contributed by atoms with van der Waals surface area (Å²) < 4.78 is 0. The van der Waals surface area contributed by atoms with Gasteiger partial charge in [-0.2, -0.15) is 5.26 Å². The number of carbonyl (C=O) groups is 2. The molecule has 0 bridgehead atoms. The summed E-state index contributed by atoms with van der Waals surface area (Å²) in [5.41, 5.74) is 1.26. The number of aliphatic carboxylic acids is 1. The van der Waals surface area contributed by atoms with Gasteiger partial charge in [-0.3, -0.25) is 9.59 Å². The van der Waals surface area contributed by atoms with Crippen molar-refractivity contribution in [2.75, 3.05) is 7.05 Å². The Balaban J connectivity index is 2.37. The Labute approximate surface area is 104 Å². The molecule has 1 N–H and O–H groups in total. The fraction of sp³-hybridized carbons (Fsp3) is 0.308. The quantitative estimate of drug-likeness (QED) is 0.846. The normalized spacial score (nSPS) is 22.9. The number of hydrogen-bond donors (Lipinski definition) is 1. The lowest BCUT2D eigenvalue weighted by Gasteiger charge is -2.23. The second kappa shape index (κ2) is 4.49. The maximum absolute atomic E-state index is 11.6. The van der Waals surface area contributed by atoms with Crippen LogP contribution >= 0.6 is 0 Å². The number of rotatable bonds is 2. The Morgan fingerprint density at radius 1 is 1.44 bits per heavy atom. The van der Waals surface area contributed by atoms with E-state index in [4.69, 9.17) is 10.4 Å². The van der Waals surface area contributed by atoms with Crippen LogP contribution in [0.15, 0.2) is 24.3 Å². The lowest BCUT2D eigenvalue weighted by molar-refractivity contribution is -0.142. The van der Waals surface area contributed by atoms with Gasteiger partial charge in [0.2, 0.25) is 5.91 Å². The molecule has 2 atom stereocenters. The van der Waals surface area contributed by atoms with Crippen molar-refractivity contribution in [3.8, 4) is 6.07 Å². The molecule has 1 heterocycles. The van der Waals surface area contributed by atoms with E-state index in [9.17, 15) is 9.59 Å². The summed E-state index contributed by atoms with van der Waals surface area (Å²) in [4.78, 5) is 24.2. The van der Waals surface area contributed by atoms with Gasteiger partial charge >= 0.3 is 5.97 Å². The molecular formula is C13H12N2O3. The van der Waals surface area contributed by atoms with E-state index in [0.717, 1.165) is 5.56 Å². The van der Waals surface area contributed by atoms with E-state index in [1.54, 1.807) is 31.3 Å². The minimum Gasteiger partial charge on any atom is -0.481 e. The Kier molecular flexibility index (Phi) is 3.02. The Bertz CT molecular complexity index is 530. The number of hydrogen-bond acceptors (Lipinski definition) is 3. The van der Waals surface area contributed by atoms with Crippen LogP contribution < -0.4 is 0 Å². The summed E-state index contributed by atoms with van der Waals surface area (Å²) in [5, 5.41) is 17.9. The van der Waals surface area contributed by atoms with E-state index in [0.29, 0.717) is 5.56 Å². The van der Waals surface area contributed by atoms with Crippen molar-refractivity contribution >= 4 is 11.9 Å². The van der Waals surface area contributed by atoms with Gasteiger partial charge in [-0.25, -0.2) is 0 Å². The van der Waals surface area contributed by atoms with Crippen molar-refractivity contribution in [2.45, 2.75) is 12.5 Å². The molecule has 5 nitrogen and oxygen atoms in total. The summed E-state index contributed by atoms with van der Waals surface area (Å²) in [6.45, 7) is 0. The largest absolute Gasteiger partial charge is 0.481 e. The summed E-state index contributed by atoms with van der Waals surface area (Å²) in [5.74, 6) is -1.87. The molecule has 1 aromatic rings. The molecule has 1 saturated heterocycles. The van der Waals surface area contributed by atoms with E-state index in [2.05, 4.69) is 0 Å². The van der Waals surface area contributed by atoms with Crippen molar-refractivity contribution < 1.29 is 14.7 Å². The lowest BCUT2D eigenvalue weighted by atomic mass is 9.93. The van der Waals surface area contributed by atoms with Gasteiger partial charge in [0.1, 0.15) is 0 Å². The molecular weight excluding hydrogens is 232 g/mol. The SMILES string of the molecule is CN1C(=O)CC(C(=O)O)C1c1ccc(C#N)cc1. The molecule has 2 unspecified atom stereocenters. The van der Waals surface area contributed by atoms with E-state index in [-0.39, 0.29) is 12.3 Å². The van der Waals surface area contributed by atoms with Gasteiger partial charge in [0, 0.05) is 13.5 Å². The van der Waals surface area contributed by atoms with Crippen LogP contribution in [0.3, 0.4) is 0 Å². The van der Waals surface area contributed by atoms with Gasteiger partial charge in [0.15, 0.2) is 0 Å². The molecule has 1 amide bonds. The number of benzene rings is 1. The topological polar surface area (TPSA) is 81.4 Å². The van der Waals surface area contributed by atoms with Gasteiger partial charge in [-0.05, 0) is 17.7 Å². The zero-order valence-corrected chi connectivity index (χ0v) is 9.83.